The van der Waals surface area contributed by atoms with Gasteiger partial charge < -0.3 is 9.67 Å². The van der Waals surface area contributed by atoms with E-state index in [1.165, 1.54) is 4.31 Å². The van der Waals surface area contributed by atoms with Gasteiger partial charge in [0.25, 0.3) is 0 Å². The molecule has 18 heavy (non-hydrogen) atoms. The fourth-order valence-electron chi connectivity index (χ4n) is 1.69. The average Bonchev–Trinajstić information content (AvgIpc) is 2.72. The molecule has 1 rings (SSSR count). The van der Waals surface area contributed by atoms with Gasteiger partial charge in [-0.3, -0.25) is 0 Å². The molecular weight excluding hydrogens is 252 g/mol. The number of aliphatic hydroxyl groups excluding tert-OH is 1. The van der Waals surface area contributed by atoms with Gasteiger partial charge in [0, 0.05) is 31.5 Å². The topological polar surface area (TPSA) is 62.5 Å². The Balaban J connectivity index is 3.17. The van der Waals surface area contributed by atoms with Crippen LogP contribution in [-0.4, -0.2) is 35.5 Å². The molecule has 1 N–H and O–H groups in total. The van der Waals surface area contributed by atoms with Crippen LogP contribution < -0.4 is 0 Å². The smallest absolute Gasteiger partial charge is 0.244 e. The highest BCUT2D eigenvalue weighted by Crippen LogP contribution is 2.20. The van der Waals surface area contributed by atoms with Gasteiger partial charge in [0.1, 0.15) is 4.90 Å². The minimum absolute atomic E-state index is 0.0953. The predicted octanol–water partition coefficient (Wildman–Crippen LogP) is 1.42. The molecule has 0 radical (unpaired) electrons. The second-order valence-corrected chi connectivity index (χ2v) is 6.63. The molecule has 6 heteroatoms. The summed E-state index contributed by atoms with van der Waals surface area (Å²) in [5.41, 5.74) is 0.632. The van der Waals surface area contributed by atoms with Gasteiger partial charge in [-0.1, -0.05) is 6.92 Å². The molecule has 1 aromatic heterocycles. The highest BCUT2D eigenvalue weighted by molar-refractivity contribution is 7.89. The largest absolute Gasteiger partial charge is 0.390 e. The van der Waals surface area contributed by atoms with Gasteiger partial charge in [0.05, 0.1) is 6.61 Å². The Labute approximate surface area is 109 Å². The molecule has 0 amide bonds. The molecule has 1 aromatic rings. The van der Waals surface area contributed by atoms with Gasteiger partial charge in [-0.2, -0.15) is 4.31 Å². The third kappa shape index (κ3) is 2.93. The highest BCUT2D eigenvalue weighted by Gasteiger charge is 2.25. The van der Waals surface area contributed by atoms with Crippen LogP contribution in [0.5, 0.6) is 0 Å². The zero-order valence-electron chi connectivity index (χ0n) is 11.4. The zero-order valence-corrected chi connectivity index (χ0v) is 12.2. The zero-order chi connectivity index (χ0) is 13.9. The van der Waals surface area contributed by atoms with E-state index in [2.05, 4.69) is 0 Å². The molecule has 0 atom stereocenters. The summed E-state index contributed by atoms with van der Waals surface area (Å²) in [7, 11) is -1.90. The van der Waals surface area contributed by atoms with Crippen molar-refractivity contribution in [3.8, 4) is 0 Å². The van der Waals surface area contributed by atoms with Crippen LogP contribution in [0.1, 0.15) is 32.9 Å². The van der Waals surface area contributed by atoms with E-state index < -0.39 is 10.0 Å². The van der Waals surface area contributed by atoms with Gasteiger partial charge in [0.2, 0.25) is 10.0 Å². The molecule has 0 aliphatic heterocycles. The lowest BCUT2D eigenvalue weighted by molar-refractivity contribution is 0.270. The summed E-state index contributed by atoms with van der Waals surface area (Å²) in [5, 5.41) is 9.24. The molecule has 0 spiro atoms. The number of nitrogens with zero attached hydrogens (tertiary/aromatic N) is 2. The summed E-state index contributed by atoms with van der Waals surface area (Å²) >= 11 is 0. The first-order valence-corrected chi connectivity index (χ1v) is 7.56. The quantitative estimate of drug-likeness (QED) is 0.853. The molecule has 104 valence electrons. The molecule has 0 aliphatic carbocycles. The van der Waals surface area contributed by atoms with Gasteiger partial charge in [-0.05, 0) is 26.3 Å². The van der Waals surface area contributed by atoms with Crippen LogP contribution in [0.4, 0.5) is 0 Å². The van der Waals surface area contributed by atoms with Crippen molar-refractivity contribution in [3.63, 3.8) is 0 Å². The van der Waals surface area contributed by atoms with Crippen LogP contribution in [0, 0.1) is 0 Å². The lowest BCUT2D eigenvalue weighted by Gasteiger charge is -2.19. The van der Waals surface area contributed by atoms with Gasteiger partial charge in [-0.25, -0.2) is 8.42 Å². The Bertz CT molecular complexity index is 491. The predicted molar refractivity (Wildman–Crippen MR) is 70.7 cm³/mol. The van der Waals surface area contributed by atoms with Crippen LogP contribution in [0.3, 0.4) is 0 Å². The minimum Gasteiger partial charge on any atom is -0.390 e. The first-order chi connectivity index (χ1) is 8.34. The standard InChI is InChI=1S/C12H22N2O3S/c1-5-6-14-8-12(7-11(14)9-15)18(16,17)13(4)10(2)3/h7-8,10,15H,5-6,9H2,1-4H3. The van der Waals surface area contributed by atoms with E-state index in [0.29, 0.717) is 12.2 Å². The van der Waals surface area contributed by atoms with Crippen molar-refractivity contribution in [2.75, 3.05) is 7.05 Å². The van der Waals surface area contributed by atoms with E-state index >= 15 is 0 Å². The van der Waals surface area contributed by atoms with Crippen molar-refractivity contribution in [2.45, 2.75) is 51.3 Å². The monoisotopic (exact) mass is 274 g/mol. The highest BCUT2D eigenvalue weighted by atomic mass is 32.2. The SMILES string of the molecule is CCCn1cc(S(=O)(=O)N(C)C(C)C)cc1CO. The molecule has 5 nitrogen and oxygen atoms in total. The number of hydrogen-bond acceptors (Lipinski definition) is 3. The Kier molecular flexibility index (Phi) is 4.95. The molecule has 0 unspecified atom stereocenters. The average molecular weight is 274 g/mol. The molecule has 0 aromatic carbocycles. The van der Waals surface area contributed by atoms with Gasteiger partial charge >= 0.3 is 0 Å². The molecule has 0 saturated heterocycles. The van der Waals surface area contributed by atoms with E-state index in [1.54, 1.807) is 23.9 Å². The van der Waals surface area contributed by atoms with Gasteiger partial charge in [0.15, 0.2) is 0 Å². The molecule has 0 aliphatic rings. The summed E-state index contributed by atoms with van der Waals surface area (Å²) in [6.45, 7) is 6.22. The number of aryl methyl sites for hydroxylation is 1. The summed E-state index contributed by atoms with van der Waals surface area (Å²) in [4.78, 5) is 0.246. The Morgan fingerprint density at radius 2 is 2.06 bits per heavy atom. The normalized spacial score (nSPS) is 12.6. The summed E-state index contributed by atoms with van der Waals surface area (Å²) in [6.07, 6.45) is 2.49. The van der Waals surface area contributed by atoms with Gasteiger partial charge in [-0.15, -0.1) is 0 Å². The van der Waals surface area contributed by atoms with Crippen molar-refractivity contribution in [2.24, 2.45) is 0 Å². The van der Waals surface area contributed by atoms with E-state index in [-0.39, 0.29) is 17.5 Å². The molecule has 0 fully saturated rings. The van der Waals surface area contributed by atoms with Crippen LogP contribution in [0.2, 0.25) is 0 Å². The van der Waals surface area contributed by atoms with Crippen LogP contribution in [0.25, 0.3) is 0 Å². The molecular formula is C12H22N2O3S. The second kappa shape index (κ2) is 5.86. The van der Waals surface area contributed by atoms with E-state index in [1.807, 2.05) is 20.8 Å². The van der Waals surface area contributed by atoms with Crippen LogP contribution in [-0.2, 0) is 23.2 Å². The lowest BCUT2D eigenvalue weighted by Crippen LogP contribution is -2.32. The van der Waals surface area contributed by atoms with Crippen molar-refractivity contribution in [1.29, 1.82) is 0 Å². The number of sulfonamides is 1. The number of hydrogen-bond donors (Lipinski definition) is 1. The third-order valence-electron chi connectivity index (χ3n) is 2.99. The van der Waals surface area contributed by atoms with Crippen molar-refractivity contribution in [1.82, 2.24) is 8.87 Å². The van der Waals surface area contributed by atoms with E-state index in [0.717, 1.165) is 6.42 Å². The first kappa shape index (κ1) is 15.2. The Morgan fingerprint density at radius 1 is 1.44 bits per heavy atom. The van der Waals surface area contributed by atoms with Crippen molar-refractivity contribution < 1.29 is 13.5 Å². The Morgan fingerprint density at radius 3 is 2.50 bits per heavy atom. The maximum Gasteiger partial charge on any atom is 0.244 e. The minimum atomic E-state index is -3.47. The number of aromatic nitrogens is 1. The fraction of sp³-hybridized carbons (Fsp3) is 0.667. The maximum absolute atomic E-state index is 12.3. The molecule has 0 saturated carbocycles. The number of aliphatic hydroxyl groups is 1. The maximum atomic E-state index is 12.3. The first-order valence-electron chi connectivity index (χ1n) is 6.12. The summed E-state index contributed by atoms with van der Waals surface area (Å²) < 4.78 is 27.7. The Hall–Kier alpha value is -0.850. The summed E-state index contributed by atoms with van der Waals surface area (Å²) in [5.74, 6) is 0. The molecule has 1 heterocycles. The number of rotatable bonds is 6. The third-order valence-corrected chi connectivity index (χ3v) is 4.99. The fourth-order valence-corrected chi connectivity index (χ4v) is 3.12. The molecule has 0 bridgehead atoms. The van der Waals surface area contributed by atoms with Crippen LogP contribution >= 0.6 is 0 Å². The van der Waals surface area contributed by atoms with Crippen molar-refractivity contribution in [3.05, 3.63) is 18.0 Å². The summed E-state index contributed by atoms with van der Waals surface area (Å²) in [6, 6.07) is 1.45. The lowest BCUT2D eigenvalue weighted by atomic mass is 10.4. The van der Waals surface area contributed by atoms with E-state index in [4.69, 9.17) is 0 Å². The van der Waals surface area contributed by atoms with Crippen LogP contribution in [0.15, 0.2) is 17.2 Å². The van der Waals surface area contributed by atoms with Crippen molar-refractivity contribution >= 4 is 10.0 Å². The second-order valence-electron chi connectivity index (χ2n) is 4.63. The van der Waals surface area contributed by atoms with E-state index in [9.17, 15) is 13.5 Å².